The number of carbonyl (C=O) groups is 2. The zero-order valence-corrected chi connectivity index (χ0v) is 14.8. The third kappa shape index (κ3) is 3.32. The molecule has 2 aliphatic heterocycles. The lowest BCUT2D eigenvalue weighted by Crippen LogP contribution is -2.38. The van der Waals surface area contributed by atoms with E-state index in [1.807, 2.05) is 18.2 Å². The molecule has 1 saturated heterocycles. The Kier molecular flexibility index (Phi) is 4.42. The van der Waals surface area contributed by atoms with Gasteiger partial charge in [-0.3, -0.25) is 4.90 Å². The fraction of sp³-hybridized carbons (Fsp3) is 0.263. The Bertz CT molecular complexity index is 854. The van der Waals surface area contributed by atoms with Crippen LogP contribution < -0.4 is 10.2 Å². The van der Waals surface area contributed by atoms with Crippen LogP contribution in [-0.2, 0) is 17.7 Å². The van der Waals surface area contributed by atoms with Crippen LogP contribution in [0.5, 0.6) is 0 Å². The molecule has 26 heavy (non-hydrogen) atoms. The number of amides is 3. The zero-order chi connectivity index (χ0) is 18.1. The van der Waals surface area contributed by atoms with Crippen molar-refractivity contribution in [3.05, 3.63) is 58.6 Å². The van der Waals surface area contributed by atoms with E-state index < -0.39 is 0 Å². The Hall–Kier alpha value is -2.73. The number of halogens is 1. The number of urea groups is 1. The molecule has 4 rings (SSSR count). The molecule has 0 aliphatic carbocycles. The predicted octanol–water partition coefficient (Wildman–Crippen LogP) is 3.89. The summed E-state index contributed by atoms with van der Waals surface area (Å²) in [4.78, 5) is 27.5. The number of nitrogens with zero attached hydrogens (tertiary/aromatic N) is 2. The van der Waals surface area contributed by atoms with Crippen molar-refractivity contribution < 1.29 is 14.3 Å². The number of carbonyl (C=O) groups excluding carboxylic acids is 2. The van der Waals surface area contributed by atoms with Crippen molar-refractivity contribution in [2.24, 2.45) is 0 Å². The van der Waals surface area contributed by atoms with Gasteiger partial charge in [-0.2, -0.15) is 0 Å². The van der Waals surface area contributed by atoms with Gasteiger partial charge in [0.2, 0.25) is 0 Å². The molecule has 6 nitrogen and oxygen atoms in total. The zero-order valence-electron chi connectivity index (χ0n) is 14.1. The largest absolute Gasteiger partial charge is 0.447 e. The van der Waals surface area contributed by atoms with Gasteiger partial charge in [-0.1, -0.05) is 17.7 Å². The molecule has 0 spiro atoms. The molecule has 0 atom stereocenters. The summed E-state index contributed by atoms with van der Waals surface area (Å²) < 4.78 is 4.93. The first-order chi connectivity index (χ1) is 12.6. The fourth-order valence-electron chi connectivity index (χ4n) is 3.25. The van der Waals surface area contributed by atoms with Gasteiger partial charge in [0.05, 0.1) is 6.54 Å². The molecular weight excluding hydrogens is 354 g/mol. The van der Waals surface area contributed by atoms with Crippen LogP contribution in [-0.4, -0.2) is 36.7 Å². The number of benzene rings is 2. The summed E-state index contributed by atoms with van der Waals surface area (Å²) in [5.41, 5.74) is 3.77. The Morgan fingerprint density at radius 1 is 1.08 bits per heavy atom. The van der Waals surface area contributed by atoms with E-state index in [1.165, 1.54) is 5.56 Å². The van der Waals surface area contributed by atoms with E-state index in [2.05, 4.69) is 5.32 Å². The standard InChI is InChI=1S/C19H18ClN3O3/c20-15-2-1-14-12-22(8-7-13(14)11-15)18(24)21-16-3-5-17(6-4-16)23-9-10-26-19(23)25/h1-6,11H,7-10,12H2,(H,21,24). The predicted molar refractivity (Wildman–Crippen MR) is 99.7 cm³/mol. The van der Waals surface area contributed by atoms with Crippen LogP contribution in [0.4, 0.5) is 21.0 Å². The normalized spacial score (nSPS) is 16.3. The summed E-state index contributed by atoms with van der Waals surface area (Å²) in [6.07, 6.45) is 0.452. The molecular formula is C19H18ClN3O3. The molecule has 0 bridgehead atoms. The molecule has 2 aromatic carbocycles. The maximum atomic E-state index is 12.5. The second kappa shape index (κ2) is 6.88. The van der Waals surface area contributed by atoms with Crippen molar-refractivity contribution in [2.75, 3.05) is 29.9 Å². The summed E-state index contributed by atoms with van der Waals surface area (Å²) in [6, 6.07) is 12.8. The molecule has 1 N–H and O–H groups in total. The van der Waals surface area contributed by atoms with Gasteiger partial charge in [0.1, 0.15) is 6.61 Å². The molecule has 0 aromatic heterocycles. The van der Waals surface area contributed by atoms with Gasteiger partial charge in [-0.15, -0.1) is 0 Å². The van der Waals surface area contributed by atoms with Crippen LogP contribution >= 0.6 is 11.6 Å². The molecule has 1 fully saturated rings. The first-order valence-corrected chi connectivity index (χ1v) is 8.85. The van der Waals surface area contributed by atoms with Crippen LogP contribution in [0.3, 0.4) is 0 Å². The van der Waals surface area contributed by atoms with Crippen molar-refractivity contribution in [1.82, 2.24) is 4.90 Å². The van der Waals surface area contributed by atoms with Gasteiger partial charge in [0.25, 0.3) is 0 Å². The van der Waals surface area contributed by atoms with E-state index in [1.54, 1.807) is 34.1 Å². The van der Waals surface area contributed by atoms with Gasteiger partial charge >= 0.3 is 12.1 Å². The second-order valence-corrected chi connectivity index (χ2v) is 6.76. The molecule has 0 radical (unpaired) electrons. The minimum Gasteiger partial charge on any atom is -0.447 e. The lowest BCUT2D eigenvalue weighted by molar-refractivity contribution is 0.181. The lowest BCUT2D eigenvalue weighted by atomic mass is 10.0. The molecule has 7 heteroatoms. The third-order valence-corrected chi connectivity index (χ3v) is 4.89. The molecule has 0 saturated carbocycles. The summed E-state index contributed by atoms with van der Waals surface area (Å²) in [6.45, 7) is 2.16. The number of ether oxygens (including phenoxy) is 1. The highest BCUT2D eigenvalue weighted by atomic mass is 35.5. The van der Waals surface area contributed by atoms with E-state index in [0.29, 0.717) is 31.9 Å². The minimum absolute atomic E-state index is 0.140. The van der Waals surface area contributed by atoms with E-state index in [-0.39, 0.29) is 12.1 Å². The second-order valence-electron chi connectivity index (χ2n) is 6.33. The van der Waals surface area contributed by atoms with Crippen LogP contribution in [0.15, 0.2) is 42.5 Å². The Morgan fingerprint density at radius 2 is 1.88 bits per heavy atom. The molecule has 2 aromatic rings. The minimum atomic E-state index is -0.339. The molecule has 2 heterocycles. The Labute approximate surface area is 156 Å². The number of nitrogens with one attached hydrogen (secondary N) is 1. The highest BCUT2D eigenvalue weighted by Crippen LogP contribution is 2.24. The summed E-state index contributed by atoms with van der Waals surface area (Å²) in [5, 5.41) is 3.63. The SMILES string of the molecule is O=C(Nc1ccc(N2CCOC2=O)cc1)N1CCc2cc(Cl)ccc2C1. The van der Waals surface area contributed by atoms with Crippen LogP contribution in [0.25, 0.3) is 0 Å². The number of anilines is 2. The smallest absolute Gasteiger partial charge is 0.414 e. The van der Waals surface area contributed by atoms with Crippen molar-refractivity contribution in [3.63, 3.8) is 0 Å². The molecule has 2 aliphatic rings. The highest BCUT2D eigenvalue weighted by Gasteiger charge is 2.24. The molecule has 3 amide bonds. The number of rotatable bonds is 2. The number of hydrogen-bond donors (Lipinski definition) is 1. The third-order valence-electron chi connectivity index (χ3n) is 4.66. The monoisotopic (exact) mass is 371 g/mol. The van der Waals surface area contributed by atoms with E-state index in [9.17, 15) is 9.59 Å². The fourth-order valence-corrected chi connectivity index (χ4v) is 3.44. The van der Waals surface area contributed by atoms with Crippen LogP contribution in [0, 0.1) is 0 Å². The Balaban J connectivity index is 1.40. The van der Waals surface area contributed by atoms with Crippen molar-refractivity contribution in [3.8, 4) is 0 Å². The van der Waals surface area contributed by atoms with Crippen molar-refractivity contribution in [1.29, 1.82) is 0 Å². The number of hydrogen-bond acceptors (Lipinski definition) is 3. The maximum Gasteiger partial charge on any atom is 0.414 e. The quantitative estimate of drug-likeness (QED) is 0.871. The first-order valence-electron chi connectivity index (χ1n) is 8.48. The summed E-state index contributed by atoms with van der Waals surface area (Å²) in [7, 11) is 0. The van der Waals surface area contributed by atoms with Gasteiger partial charge in [-0.05, 0) is 53.9 Å². The van der Waals surface area contributed by atoms with E-state index in [0.717, 1.165) is 22.7 Å². The number of fused-ring (bicyclic) bond motifs is 1. The lowest BCUT2D eigenvalue weighted by Gasteiger charge is -2.29. The van der Waals surface area contributed by atoms with Crippen molar-refractivity contribution in [2.45, 2.75) is 13.0 Å². The van der Waals surface area contributed by atoms with Crippen LogP contribution in [0.1, 0.15) is 11.1 Å². The highest BCUT2D eigenvalue weighted by molar-refractivity contribution is 6.30. The van der Waals surface area contributed by atoms with Crippen molar-refractivity contribution >= 4 is 35.1 Å². The van der Waals surface area contributed by atoms with Gasteiger partial charge < -0.3 is 15.0 Å². The number of cyclic esters (lactones) is 1. The van der Waals surface area contributed by atoms with Crippen LogP contribution in [0.2, 0.25) is 5.02 Å². The molecule has 134 valence electrons. The Morgan fingerprint density at radius 3 is 2.62 bits per heavy atom. The van der Waals surface area contributed by atoms with Gasteiger partial charge in [0, 0.05) is 29.5 Å². The van der Waals surface area contributed by atoms with Gasteiger partial charge in [0.15, 0.2) is 0 Å². The first kappa shape index (κ1) is 16.7. The summed E-state index contributed by atoms with van der Waals surface area (Å²) >= 11 is 6.03. The average Bonchev–Trinajstić information content (AvgIpc) is 3.08. The molecule has 0 unspecified atom stereocenters. The summed E-state index contributed by atoms with van der Waals surface area (Å²) in [5.74, 6) is 0. The topological polar surface area (TPSA) is 61.9 Å². The average molecular weight is 372 g/mol. The van der Waals surface area contributed by atoms with Gasteiger partial charge in [-0.25, -0.2) is 9.59 Å². The maximum absolute atomic E-state index is 12.5. The van der Waals surface area contributed by atoms with E-state index >= 15 is 0 Å². The van der Waals surface area contributed by atoms with E-state index in [4.69, 9.17) is 16.3 Å².